The second kappa shape index (κ2) is 6.54. The molecule has 2 aromatic rings. The van der Waals surface area contributed by atoms with Crippen LogP contribution in [0.3, 0.4) is 0 Å². The van der Waals surface area contributed by atoms with Crippen molar-refractivity contribution in [2.75, 3.05) is 13.2 Å². The number of aliphatic hydroxyl groups is 1. The van der Waals surface area contributed by atoms with Crippen molar-refractivity contribution in [3.63, 3.8) is 0 Å². The molecule has 0 radical (unpaired) electrons. The molecular weight excluding hydrogens is 306 g/mol. The van der Waals surface area contributed by atoms with E-state index in [0.29, 0.717) is 17.9 Å². The van der Waals surface area contributed by atoms with Crippen molar-refractivity contribution in [3.8, 4) is 0 Å². The van der Waals surface area contributed by atoms with E-state index in [4.69, 9.17) is 4.98 Å². The van der Waals surface area contributed by atoms with Crippen LogP contribution in [0.5, 0.6) is 0 Å². The van der Waals surface area contributed by atoms with Gasteiger partial charge in [-0.2, -0.15) is 0 Å². The maximum Gasteiger partial charge on any atom is 0.194 e. The third kappa shape index (κ3) is 3.19. The largest absolute Gasteiger partial charge is 0.396 e. The summed E-state index contributed by atoms with van der Waals surface area (Å²) in [5.41, 5.74) is 2.99. The second-order valence-electron chi connectivity index (χ2n) is 7.41. The number of hydrogen-bond acceptors (Lipinski definition) is 4. The van der Waals surface area contributed by atoms with Crippen LogP contribution in [0.1, 0.15) is 68.7 Å². The molecule has 2 heterocycles. The number of nitrogens with zero attached hydrogens (tertiary/aromatic N) is 2. The first kappa shape index (κ1) is 15.6. The summed E-state index contributed by atoms with van der Waals surface area (Å²) in [5.74, 6) is 0.694. The standard InChI is InChI=1S/C18H27N3OS/c22-10-8-18(6-2-1-3-7-18)13-19-12-15-16(14-4-5-14)20-17-21(15)9-11-23-17/h9,11,14,19,22H,1-8,10,12-13H2. The van der Waals surface area contributed by atoms with E-state index in [2.05, 4.69) is 21.3 Å². The summed E-state index contributed by atoms with van der Waals surface area (Å²) < 4.78 is 2.27. The Hall–Kier alpha value is -0.910. The van der Waals surface area contributed by atoms with Gasteiger partial charge in [0.25, 0.3) is 0 Å². The SMILES string of the molecule is OCCC1(CNCc2c(C3CC3)nc3sccn23)CCCCC1. The molecule has 0 aromatic carbocycles. The molecule has 0 amide bonds. The Bertz CT molecular complexity index is 647. The van der Waals surface area contributed by atoms with Crippen LogP contribution < -0.4 is 5.32 Å². The van der Waals surface area contributed by atoms with E-state index < -0.39 is 0 Å². The molecular formula is C18H27N3OS. The summed E-state index contributed by atoms with van der Waals surface area (Å²) in [6.45, 7) is 2.24. The number of thiazole rings is 1. The van der Waals surface area contributed by atoms with E-state index in [1.54, 1.807) is 11.3 Å². The van der Waals surface area contributed by atoms with Gasteiger partial charge in [0.1, 0.15) is 0 Å². The van der Waals surface area contributed by atoms with Crippen molar-refractivity contribution in [1.29, 1.82) is 0 Å². The number of nitrogens with one attached hydrogen (secondary N) is 1. The van der Waals surface area contributed by atoms with Gasteiger partial charge in [-0.05, 0) is 37.5 Å². The Morgan fingerprint density at radius 2 is 2.13 bits per heavy atom. The fraction of sp³-hybridized carbons (Fsp3) is 0.722. The minimum Gasteiger partial charge on any atom is -0.396 e. The van der Waals surface area contributed by atoms with Gasteiger partial charge in [-0.25, -0.2) is 4.98 Å². The average Bonchev–Trinajstić information content (AvgIpc) is 3.20. The van der Waals surface area contributed by atoms with Crippen LogP contribution >= 0.6 is 11.3 Å². The molecule has 2 fully saturated rings. The number of aromatic nitrogens is 2. The number of fused-ring (bicyclic) bond motifs is 1. The number of aliphatic hydroxyl groups excluding tert-OH is 1. The lowest BCUT2D eigenvalue weighted by Gasteiger charge is -2.37. The van der Waals surface area contributed by atoms with Crippen molar-refractivity contribution in [2.24, 2.45) is 5.41 Å². The van der Waals surface area contributed by atoms with Crippen LogP contribution in [-0.2, 0) is 6.54 Å². The molecule has 5 heteroatoms. The Labute approximate surface area is 141 Å². The summed E-state index contributed by atoms with van der Waals surface area (Å²) in [7, 11) is 0. The highest BCUT2D eigenvalue weighted by atomic mass is 32.1. The Morgan fingerprint density at radius 1 is 1.30 bits per heavy atom. The van der Waals surface area contributed by atoms with E-state index >= 15 is 0 Å². The smallest absolute Gasteiger partial charge is 0.194 e. The van der Waals surface area contributed by atoms with Crippen LogP contribution in [0.2, 0.25) is 0 Å². The minimum absolute atomic E-state index is 0.311. The molecule has 2 aliphatic carbocycles. The lowest BCUT2D eigenvalue weighted by atomic mass is 9.72. The highest BCUT2D eigenvalue weighted by Crippen LogP contribution is 2.42. The third-order valence-electron chi connectivity index (χ3n) is 5.70. The molecule has 4 nitrogen and oxygen atoms in total. The quantitative estimate of drug-likeness (QED) is 0.812. The molecule has 126 valence electrons. The third-order valence-corrected chi connectivity index (χ3v) is 6.46. The van der Waals surface area contributed by atoms with Gasteiger partial charge in [-0.3, -0.25) is 4.40 Å². The van der Waals surface area contributed by atoms with Gasteiger partial charge in [0, 0.05) is 37.2 Å². The Morgan fingerprint density at radius 3 is 2.87 bits per heavy atom. The molecule has 0 unspecified atom stereocenters. The van der Waals surface area contributed by atoms with E-state index in [-0.39, 0.29) is 0 Å². The maximum atomic E-state index is 9.47. The van der Waals surface area contributed by atoms with Crippen molar-refractivity contribution in [1.82, 2.24) is 14.7 Å². The van der Waals surface area contributed by atoms with Gasteiger partial charge in [0.05, 0.1) is 11.4 Å². The Kier molecular flexibility index (Phi) is 4.43. The minimum atomic E-state index is 0.311. The van der Waals surface area contributed by atoms with Crippen molar-refractivity contribution in [3.05, 3.63) is 23.0 Å². The molecule has 23 heavy (non-hydrogen) atoms. The van der Waals surface area contributed by atoms with E-state index in [1.165, 1.54) is 56.3 Å². The van der Waals surface area contributed by atoms with E-state index in [9.17, 15) is 5.11 Å². The summed E-state index contributed by atoms with van der Waals surface area (Å²) >= 11 is 1.73. The van der Waals surface area contributed by atoms with E-state index in [0.717, 1.165) is 24.5 Å². The number of imidazole rings is 1. The van der Waals surface area contributed by atoms with Gasteiger partial charge in [0.15, 0.2) is 4.96 Å². The fourth-order valence-electron chi connectivity index (χ4n) is 4.21. The maximum absolute atomic E-state index is 9.47. The van der Waals surface area contributed by atoms with E-state index in [1.807, 2.05) is 0 Å². The fourth-order valence-corrected chi connectivity index (χ4v) is 4.95. The zero-order valence-corrected chi connectivity index (χ0v) is 14.6. The molecule has 0 atom stereocenters. The highest BCUT2D eigenvalue weighted by molar-refractivity contribution is 7.15. The van der Waals surface area contributed by atoms with Crippen LogP contribution in [0.15, 0.2) is 11.6 Å². The average molecular weight is 334 g/mol. The van der Waals surface area contributed by atoms with Gasteiger partial charge in [-0.1, -0.05) is 19.3 Å². The van der Waals surface area contributed by atoms with Gasteiger partial charge >= 0.3 is 0 Å². The monoisotopic (exact) mass is 333 g/mol. The molecule has 2 aliphatic rings. The van der Waals surface area contributed by atoms with Crippen LogP contribution in [-0.4, -0.2) is 27.6 Å². The van der Waals surface area contributed by atoms with Crippen molar-refractivity contribution < 1.29 is 5.11 Å². The number of rotatable bonds is 7. The zero-order valence-electron chi connectivity index (χ0n) is 13.8. The van der Waals surface area contributed by atoms with Crippen LogP contribution in [0.4, 0.5) is 0 Å². The second-order valence-corrected chi connectivity index (χ2v) is 8.28. The Balaban J connectivity index is 1.46. The molecule has 0 spiro atoms. The predicted molar refractivity (Wildman–Crippen MR) is 94.0 cm³/mol. The van der Waals surface area contributed by atoms with Crippen molar-refractivity contribution in [2.45, 2.75) is 63.8 Å². The van der Waals surface area contributed by atoms with Gasteiger partial charge in [-0.15, -0.1) is 11.3 Å². The molecule has 0 bridgehead atoms. The summed E-state index contributed by atoms with van der Waals surface area (Å²) in [6, 6.07) is 0. The summed E-state index contributed by atoms with van der Waals surface area (Å²) in [4.78, 5) is 5.99. The number of hydrogen-bond donors (Lipinski definition) is 2. The lowest BCUT2D eigenvalue weighted by molar-refractivity contribution is 0.126. The van der Waals surface area contributed by atoms with Gasteiger partial charge < -0.3 is 10.4 Å². The first-order valence-corrected chi connectivity index (χ1v) is 9.95. The predicted octanol–water partition coefficient (Wildman–Crippen LogP) is 3.70. The van der Waals surface area contributed by atoms with Crippen LogP contribution in [0, 0.1) is 5.41 Å². The molecule has 2 saturated carbocycles. The lowest BCUT2D eigenvalue weighted by Crippen LogP contribution is -2.37. The first-order valence-electron chi connectivity index (χ1n) is 9.07. The molecule has 0 aliphatic heterocycles. The molecule has 2 N–H and O–H groups in total. The molecule has 4 rings (SSSR count). The van der Waals surface area contributed by atoms with Crippen molar-refractivity contribution >= 4 is 16.3 Å². The highest BCUT2D eigenvalue weighted by Gasteiger charge is 2.32. The summed E-state index contributed by atoms with van der Waals surface area (Å²) in [6.07, 6.45) is 12.2. The molecule has 0 saturated heterocycles. The normalized spacial score (nSPS) is 21.1. The topological polar surface area (TPSA) is 49.6 Å². The molecule has 2 aromatic heterocycles. The van der Waals surface area contributed by atoms with Gasteiger partial charge in [0.2, 0.25) is 0 Å². The first-order chi connectivity index (χ1) is 11.3. The summed E-state index contributed by atoms with van der Waals surface area (Å²) in [5, 5.41) is 15.3. The van der Waals surface area contributed by atoms with Crippen LogP contribution in [0.25, 0.3) is 4.96 Å². The zero-order chi connectivity index (χ0) is 15.7.